The van der Waals surface area contributed by atoms with E-state index in [2.05, 4.69) is 29.0 Å². The summed E-state index contributed by atoms with van der Waals surface area (Å²) in [6, 6.07) is 4.05. The molecule has 2 saturated carbocycles. The summed E-state index contributed by atoms with van der Waals surface area (Å²) in [7, 11) is -0.603. The summed E-state index contributed by atoms with van der Waals surface area (Å²) < 4.78 is 41.5. The molecule has 2 aliphatic carbocycles. The summed E-state index contributed by atoms with van der Waals surface area (Å²) in [4.78, 5) is 50.1. The van der Waals surface area contributed by atoms with Crippen LogP contribution in [0.2, 0.25) is 0 Å². The van der Waals surface area contributed by atoms with Gasteiger partial charge in [0, 0.05) is 49.1 Å². The number of benzene rings is 1. The van der Waals surface area contributed by atoms with E-state index in [1.807, 2.05) is 49.7 Å². The van der Waals surface area contributed by atoms with E-state index >= 15 is 0 Å². The minimum absolute atomic E-state index is 0.0538. The van der Waals surface area contributed by atoms with Crippen LogP contribution in [0.15, 0.2) is 42.7 Å². The molecule has 0 unspecified atom stereocenters. The molecule has 0 bridgehead atoms. The van der Waals surface area contributed by atoms with Gasteiger partial charge in [-0.25, -0.2) is 22.9 Å². The predicted octanol–water partition coefficient (Wildman–Crippen LogP) is 4.35. The van der Waals surface area contributed by atoms with Gasteiger partial charge in [-0.05, 0) is 76.0 Å². The fraction of sp³-hybridized carbons (Fsp3) is 0.553. The van der Waals surface area contributed by atoms with Crippen LogP contribution in [-0.2, 0) is 19.6 Å². The molecule has 4 amide bonds. The number of urea groups is 1. The molecule has 2 aliphatic heterocycles. The number of methoxy groups -OCH3 is 1. The van der Waals surface area contributed by atoms with Crippen molar-refractivity contribution >= 4 is 38.8 Å². The van der Waals surface area contributed by atoms with Gasteiger partial charge >= 0.3 is 6.03 Å². The number of ether oxygens (including phenoxy) is 2. The molecule has 284 valence electrons. The maximum absolute atomic E-state index is 14.3. The van der Waals surface area contributed by atoms with Crippen molar-refractivity contribution in [1.29, 1.82) is 0 Å². The zero-order valence-corrected chi connectivity index (χ0v) is 32.0. The van der Waals surface area contributed by atoms with Crippen LogP contribution in [0.5, 0.6) is 11.5 Å². The van der Waals surface area contributed by atoms with Gasteiger partial charge in [0.15, 0.2) is 5.82 Å². The molecule has 2 aromatic heterocycles. The Morgan fingerprint density at radius 1 is 1.15 bits per heavy atom. The van der Waals surface area contributed by atoms with Crippen molar-refractivity contribution in [2.75, 3.05) is 27.2 Å². The summed E-state index contributed by atoms with van der Waals surface area (Å²) in [6.07, 6.45) is 10.7. The third kappa shape index (κ3) is 6.83. The highest BCUT2D eigenvalue weighted by Crippen LogP contribution is 2.47. The Morgan fingerprint density at radius 3 is 2.62 bits per heavy atom. The number of carbonyl (C=O) groups excluding carboxylic acids is 3. The van der Waals surface area contributed by atoms with Gasteiger partial charge in [-0.1, -0.05) is 26.0 Å². The first-order valence-corrected chi connectivity index (χ1v) is 19.9. The van der Waals surface area contributed by atoms with Gasteiger partial charge in [-0.3, -0.25) is 14.3 Å². The number of likely N-dealkylation sites (N-methyl/N-ethyl adjacent to an activating group) is 1. The quantitative estimate of drug-likeness (QED) is 0.319. The number of aryl methyl sites for hydroxylation is 1. The fourth-order valence-corrected chi connectivity index (χ4v) is 8.66. The van der Waals surface area contributed by atoms with E-state index in [9.17, 15) is 22.8 Å². The normalized spacial score (nSPS) is 26.4. The summed E-state index contributed by atoms with van der Waals surface area (Å²) >= 11 is 0. The number of nitrogens with one attached hydrogen (secondary N) is 2. The highest BCUT2D eigenvalue weighted by atomic mass is 32.2. The van der Waals surface area contributed by atoms with Gasteiger partial charge in [0.05, 0.1) is 30.1 Å². The standard InChI is InChI=1S/C38H49N7O7S/c1-23(2)25-20-39-45(21-25)32-18-31(28-12-13-30(51-6)24(3)33(28)40-32)52-27-17-29-34(46)43(5)16-10-8-7-9-11-26-19-38(26,41-36(48)44(29)22-27)35(47)42-53(49,50)37(4)14-15-37/h9,11-13,18,20-21,23,26-27,29H,7-8,10,14-17,19,22H2,1-6H3,(H,41,48)(H,42,47)/b11-9+/t26-,27+,29+,38-/m1/s1. The highest BCUT2D eigenvalue weighted by molar-refractivity contribution is 7.91. The topological polar surface area (TPSA) is 165 Å². The third-order valence-electron chi connectivity index (χ3n) is 11.4. The molecule has 1 saturated heterocycles. The van der Waals surface area contributed by atoms with Gasteiger partial charge in [0.2, 0.25) is 15.9 Å². The van der Waals surface area contributed by atoms with E-state index in [0.717, 1.165) is 35.8 Å². The Bertz CT molecular complexity index is 2090. The maximum atomic E-state index is 14.3. The van der Waals surface area contributed by atoms with Gasteiger partial charge < -0.3 is 24.6 Å². The molecule has 14 nitrogen and oxygen atoms in total. The van der Waals surface area contributed by atoms with Crippen molar-refractivity contribution < 1.29 is 32.3 Å². The van der Waals surface area contributed by atoms with E-state index in [4.69, 9.17) is 14.5 Å². The fourth-order valence-electron chi connectivity index (χ4n) is 7.35. The number of nitrogens with zero attached hydrogens (tertiary/aromatic N) is 5. The van der Waals surface area contributed by atoms with E-state index < -0.39 is 44.4 Å². The molecule has 15 heteroatoms. The second kappa shape index (κ2) is 13.6. The second-order valence-corrected chi connectivity index (χ2v) is 17.8. The van der Waals surface area contributed by atoms with E-state index in [1.165, 1.54) is 4.90 Å². The highest BCUT2D eigenvalue weighted by Gasteiger charge is 2.63. The molecular formula is C38H49N7O7S. The average molecular weight is 748 g/mol. The van der Waals surface area contributed by atoms with Gasteiger partial charge in [0.25, 0.3) is 5.91 Å². The summed E-state index contributed by atoms with van der Waals surface area (Å²) in [6.45, 7) is 8.30. The van der Waals surface area contributed by atoms with Crippen LogP contribution in [0.3, 0.4) is 0 Å². The molecule has 3 fully saturated rings. The average Bonchev–Trinajstić information content (AvgIpc) is 3.89. The Kier molecular flexibility index (Phi) is 9.44. The van der Waals surface area contributed by atoms with E-state index in [1.54, 1.807) is 30.7 Å². The van der Waals surface area contributed by atoms with Crippen molar-refractivity contribution in [3.8, 4) is 17.3 Å². The smallest absolute Gasteiger partial charge is 0.319 e. The van der Waals surface area contributed by atoms with Crippen LogP contribution < -0.4 is 19.5 Å². The Labute approximate surface area is 310 Å². The first-order chi connectivity index (χ1) is 25.2. The van der Waals surface area contributed by atoms with Crippen molar-refractivity contribution in [3.63, 3.8) is 0 Å². The molecule has 7 rings (SSSR count). The van der Waals surface area contributed by atoms with Gasteiger partial charge in [0.1, 0.15) is 29.2 Å². The first kappa shape index (κ1) is 36.7. The molecule has 4 atom stereocenters. The number of allylic oxidation sites excluding steroid dienone is 1. The van der Waals surface area contributed by atoms with Crippen molar-refractivity contribution in [1.82, 2.24) is 34.6 Å². The maximum Gasteiger partial charge on any atom is 0.319 e. The lowest BCUT2D eigenvalue weighted by molar-refractivity contribution is -0.134. The number of hydrogen-bond acceptors (Lipinski definition) is 9. The lowest BCUT2D eigenvalue weighted by Crippen LogP contribution is -2.58. The minimum Gasteiger partial charge on any atom is -0.496 e. The molecule has 1 aromatic carbocycles. The number of amides is 4. The van der Waals surface area contributed by atoms with Crippen molar-refractivity contribution in [2.24, 2.45) is 5.92 Å². The van der Waals surface area contributed by atoms with E-state index in [0.29, 0.717) is 42.2 Å². The molecule has 3 aromatic rings. The SMILES string of the molecule is COc1ccc2c(O[C@H]3C[C@H]4C(=O)N(C)CCCC/C=C/[C@@H]5C[C@@]5(C(=O)NS(=O)(=O)C5(C)CC5)NC(=O)N4C3)cc(-n3cc(C(C)C)cn3)nc2c1C. The molecule has 4 aliphatic rings. The van der Waals surface area contributed by atoms with Crippen molar-refractivity contribution in [3.05, 3.63) is 53.9 Å². The van der Waals surface area contributed by atoms with Crippen LogP contribution in [0, 0.1) is 12.8 Å². The predicted molar refractivity (Wildman–Crippen MR) is 198 cm³/mol. The number of pyridine rings is 1. The largest absolute Gasteiger partial charge is 0.496 e. The van der Waals surface area contributed by atoms with Crippen molar-refractivity contribution in [2.45, 2.75) is 101 Å². The monoisotopic (exact) mass is 747 g/mol. The zero-order valence-electron chi connectivity index (χ0n) is 31.2. The molecule has 4 heterocycles. The summed E-state index contributed by atoms with van der Waals surface area (Å²) in [5.74, 6) is 0.614. The number of rotatable bonds is 8. The van der Waals surface area contributed by atoms with Gasteiger partial charge in [-0.2, -0.15) is 5.10 Å². The lowest BCUT2D eigenvalue weighted by atomic mass is 10.1. The number of carbonyl (C=O) groups is 3. The minimum atomic E-state index is -3.94. The summed E-state index contributed by atoms with van der Waals surface area (Å²) in [5, 5.41) is 8.20. The number of fused-ring (bicyclic) bond motifs is 3. The Hall–Kier alpha value is -4.66. The van der Waals surface area contributed by atoms with Gasteiger partial charge in [-0.15, -0.1) is 0 Å². The van der Waals surface area contributed by atoms with Crippen LogP contribution >= 0.6 is 0 Å². The molecule has 2 N–H and O–H groups in total. The van der Waals surface area contributed by atoms with Crippen LogP contribution in [0.25, 0.3) is 16.7 Å². The molecule has 0 radical (unpaired) electrons. The molecular weight excluding hydrogens is 699 g/mol. The second-order valence-electron chi connectivity index (χ2n) is 15.6. The lowest BCUT2D eigenvalue weighted by Gasteiger charge is -2.30. The zero-order chi connectivity index (χ0) is 37.9. The summed E-state index contributed by atoms with van der Waals surface area (Å²) in [5.41, 5.74) is 1.08. The molecule has 0 spiro atoms. The third-order valence-corrected chi connectivity index (χ3v) is 13.6. The molecule has 53 heavy (non-hydrogen) atoms. The number of aromatic nitrogens is 3. The Balaban J connectivity index is 1.21. The first-order valence-electron chi connectivity index (χ1n) is 18.4. The van der Waals surface area contributed by atoms with Crippen LogP contribution in [0.1, 0.15) is 82.8 Å². The van der Waals surface area contributed by atoms with Crippen LogP contribution in [-0.4, -0.2) is 101 Å². The Morgan fingerprint density at radius 2 is 1.92 bits per heavy atom. The van der Waals surface area contributed by atoms with E-state index in [-0.39, 0.29) is 37.1 Å². The van der Waals surface area contributed by atoms with Crippen LogP contribution in [0.4, 0.5) is 4.79 Å². The number of hydrogen-bond donors (Lipinski definition) is 2. The number of sulfonamides is 1.